The molecule has 6 aromatic carbocycles. The SMILES string of the molecule is OB(O)c1ccc2ccc3c(-c4cccc5c4sc4ccccc45)ccc4ccc1c2c43. The van der Waals surface area contributed by atoms with Crippen LogP contribution in [0.15, 0.2) is 91.0 Å². The second-order valence-electron chi connectivity index (χ2n) is 8.34. The van der Waals surface area contributed by atoms with Crippen LogP contribution in [0.4, 0.5) is 0 Å². The van der Waals surface area contributed by atoms with Gasteiger partial charge in [0.15, 0.2) is 0 Å². The van der Waals surface area contributed by atoms with Gasteiger partial charge >= 0.3 is 7.12 Å². The minimum absolute atomic E-state index is 0.545. The van der Waals surface area contributed by atoms with E-state index in [0.717, 1.165) is 21.5 Å². The lowest BCUT2D eigenvalue weighted by Gasteiger charge is -2.16. The fourth-order valence-corrected chi connectivity index (χ4v) is 6.47. The second kappa shape index (κ2) is 6.53. The summed E-state index contributed by atoms with van der Waals surface area (Å²) in [6, 6.07) is 31.8. The number of thiophene rings is 1. The van der Waals surface area contributed by atoms with E-state index in [1.807, 2.05) is 29.5 Å². The molecule has 7 rings (SSSR count). The summed E-state index contributed by atoms with van der Waals surface area (Å²) in [5.74, 6) is 0. The Labute approximate surface area is 188 Å². The van der Waals surface area contributed by atoms with Crippen molar-refractivity contribution in [3.05, 3.63) is 91.0 Å². The van der Waals surface area contributed by atoms with Crippen molar-refractivity contribution in [2.75, 3.05) is 0 Å². The van der Waals surface area contributed by atoms with Crippen molar-refractivity contribution in [3.8, 4) is 11.1 Å². The van der Waals surface area contributed by atoms with Gasteiger partial charge in [-0.15, -0.1) is 11.3 Å². The van der Waals surface area contributed by atoms with Crippen LogP contribution in [-0.2, 0) is 0 Å². The average Bonchev–Trinajstić information content (AvgIpc) is 3.21. The van der Waals surface area contributed by atoms with Crippen molar-refractivity contribution >= 4 is 76.4 Å². The highest BCUT2D eigenvalue weighted by Crippen LogP contribution is 2.44. The Bertz CT molecular complexity index is 1820. The van der Waals surface area contributed by atoms with E-state index in [2.05, 4.69) is 72.8 Å². The van der Waals surface area contributed by atoms with Gasteiger partial charge in [0, 0.05) is 25.7 Å². The zero-order valence-electron chi connectivity index (χ0n) is 17.0. The Balaban J connectivity index is 1.63. The predicted molar refractivity (Wildman–Crippen MR) is 138 cm³/mol. The Morgan fingerprint density at radius 3 is 2.06 bits per heavy atom. The molecule has 0 atom stereocenters. The molecule has 0 bridgehead atoms. The molecule has 150 valence electrons. The molecule has 2 nitrogen and oxygen atoms in total. The molecule has 7 aromatic rings. The summed E-state index contributed by atoms with van der Waals surface area (Å²) in [6.07, 6.45) is 0. The summed E-state index contributed by atoms with van der Waals surface area (Å²) in [6.45, 7) is 0. The highest BCUT2D eigenvalue weighted by Gasteiger charge is 2.19. The zero-order chi connectivity index (χ0) is 21.4. The van der Waals surface area contributed by atoms with Gasteiger partial charge in [0.2, 0.25) is 0 Å². The maximum absolute atomic E-state index is 9.93. The number of hydrogen-bond donors (Lipinski definition) is 2. The minimum atomic E-state index is -1.49. The fourth-order valence-electron chi connectivity index (χ4n) is 5.24. The third-order valence-electron chi connectivity index (χ3n) is 6.67. The molecule has 1 aromatic heterocycles. The van der Waals surface area contributed by atoms with Crippen LogP contribution in [0, 0.1) is 0 Å². The standard InChI is InChI=1S/C28H17BO2S/c30-29(31)24-15-11-17-9-13-20-18(12-8-16-10-14-23(24)27(17)26(16)20)21-5-3-6-22-19-4-1-2-7-25(19)32-28(21)22/h1-15,30-31H. The first-order chi connectivity index (χ1) is 15.7. The molecule has 0 saturated carbocycles. The van der Waals surface area contributed by atoms with Crippen LogP contribution < -0.4 is 5.46 Å². The summed E-state index contributed by atoms with van der Waals surface area (Å²) in [5.41, 5.74) is 2.99. The van der Waals surface area contributed by atoms with Crippen molar-refractivity contribution in [2.24, 2.45) is 0 Å². The van der Waals surface area contributed by atoms with Gasteiger partial charge in [-0.1, -0.05) is 84.9 Å². The molecule has 4 heteroatoms. The first-order valence-corrected chi connectivity index (χ1v) is 11.5. The average molecular weight is 428 g/mol. The number of hydrogen-bond acceptors (Lipinski definition) is 3. The van der Waals surface area contributed by atoms with E-state index in [0.29, 0.717) is 5.46 Å². The lowest BCUT2D eigenvalue weighted by atomic mass is 9.75. The lowest BCUT2D eigenvalue weighted by Crippen LogP contribution is -2.30. The van der Waals surface area contributed by atoms with E-state index < -0.39 is 7.12 Å². The molecular weight excluding hydrogens is 411 g/mol. The van der Waals surface area contributed by atoms with Crippen molar-refractivity contribution in [1.29, 1.82) is 0 Å². The molecule has 0 fully saturated rings. The van der Waals surface area contributed by atoms with Crippen molar-refractivity contribution in [3.63, 3.8) is 0 Å². The van der Waals surface area contributed by atoms with Gasteiger partial charge in [-0.25, -0.2) is 0 Å². The Morgan fingerprint density at radius 2 is 1.22 bits per heavy atom. The third kappa shape index (κ3) is 2.37. The molecular formula is C28H17BO2S. The summed E-state index contributed by atoms with van der Waals surface area (Å²) < 4.78 is 2.60. The normalized spacial score (nSPS) is 12.1. The molecule has 32 heavy (non-hydrogen) atoms. The number of rotatable bonds is 2. The van der Waals surface area contributed by atoms with E-state index >= 15 is 0 Å². The molecule has 0 radical (unpaired) electrons. The van der Waals surface area contributed by atoms with Crippen LogP contribution in [0.3, 0.4) is 0 Å². The van der Waals surface area contributed by atoms with E-state index in [4.69, 9.17) is 0 Å². The molecule has 0 amide bonds. The van der Waals surface area contributed by atoms with Crippen LogP contribution >= 0.6 is 11.3 Å². The van der Waals surface area contributed by atoms with E-state index in [1.165, 1.54) is 42.1 Å². The van der Waals surface area contributed by atoms with Gasteiger partial charge in [0.1, 0.15) is 0 Å². The van der Waals surface area contributed by atoms with Gasteiger partial charge in [-0.2, -0.15) is 0 Å². The van der Waals surface area contributed by atoms with Crippen molar-refractivity contribution < 1.29 is 10.0 Å². The number of benzene rings is 6. The first kappa shape index (κ1) is 18.2. The highest BCUT2D eigenvalue weighted by molar-refractivity contribution is 7.26. The third-order valence-corrected chi connectivity index (χ3v) is 7.89. The molecule has 0 saturated heterocycles. The lowest BCUT2D eigenvalue weighted by molar-refractivity contribution is 0.426. The predicted octanol–water partition coefficient (Wildman–Crippen LogP) is 6.30. The largest absolute Gasteiger partial charge is 0.489 e. The van der Waals surface area contributed by atoms with Gasteiger partial charge < -0.3 is 10.0 Å². The van der Waals surface area contributed by atoms with Gasteiger partial charge in [0.05, 0.1) is 0 Å². The molecule has 0 aliphatic rings. The summed E-state index contributed by atoms with van der Waals surface area (Å²) in [7, 11) is -1.49. The van der Waals surface area contributed by atoms with Gasteiger partial charge in [0.25, 0.3) is 0 Å². The summed E-state index contributed by atoms with van der Waals surface area (Å²) in [4.78, 5) is 0. The molecule has 1 heterocycles. The Hall–Kier alpha value is -3.44. The maximum atomic E-state index is 9.93. The van der Waals surface area contributed by atoms with Crippen molar-refractivity contribution in [2.45, 2.75) is 0 Å². The van der Waals surface area contributed by atoms with Crippen LogP contribution in [0.25, 0.3) is 63.6 Å². The van der Waals surface area contributed by atoms with Crippen LogP contribution in [0.1, 0.15) is 0 Å². The molecule has 0 aliphatic carbocycles. The van der Waals surface area contributed by atoms with E-state index in [9.17, 15) is 10.0 Å². The zero-order valence-corrected chi connectivity index (χ0v) is 17.9. The molecule has 2 N–H and O–H groups in total. The quantitative estimate of drug-likeness (QED) is 0.251. The molecule has 0 spiro atoms. The first-order valence-electron chi connectivity index (χ1n) is 10.7. The Kier molecular flexibility index (Phi) is 3.71. The summed E-state index contributed by atoms with van der Waals surface area (Å²) in [5, 5.41) is 29.1. The van der Waals surface area contributed by atoms with Crippen LogP contribution in [-0.4, -0.2) is 17.2 Å². The summed E-state index contributed by atoms with van der Waals surface area (Å²) >= 11 is 1.84. The van der Waals surface area contributed by atoms with E-state index in [-0.39, 0.29) is 0 Å². The monoisotopic (exact) mass is 428 g/mol. The Morgan fingerprint density at radius 1 is 0.531 bits per heavy atom. The van der Waals surface area contributed by atoms with E-state index in [1.54, 1.807) is 0 Å². The topological polar surface area (TPSA) is 40.5 Å². The van der Waals surface area contributed by atoms with Gasteiger partial charge in [-0.3, -0.25) is 0 Å². The second-order valence-corrected chi connectivity index (χ2v) is 9.40. The minimum Gasteiger partial charge on any atom is -0.423 e. The number of fused-ring (bicyclic) bond motifs is 3. The van der Waals surface area contributed by atoms with Crippen LogP contribution in [0.5, 0.6) is 0 Å². The van der Waals surface area contributed by atoms with Crippen LogP contribution in [0.2, 0.25) is 0 Å². The van der Waals surface area contributed by atoms with Gasteiger partial charge in [-0.05, 0) is 49.4 Å². The molecule has 0 aliphatic heterocycles. The maximum Gasteiger partial charge on any atom is 0.489 e. The smallest absolute Gasteiger partial charge is 0.423 e. The molecule has 0 unspecified atom stereocenters. The fraction of sp³-hybridized carbons (Fsp3) is 0. The van der Waals surface area contributed by atoms with Crippen molar-refractivity contribution in [1.82, 2.24) is 0 Å². The highest BCUT2D eigenvalue weighted by atomic mass is 32.1.